The number of aliphatic carboxylic acids is 1. The van der Waals surface area contributed by atoms with Crippen molar-refractivity contribution < 1.29 is 24.5 Å². The van der Waals surface area contributed by atoms with Crippen LogP contribution in [0.5, 0.6) is 5.75 Å². The number of carbonyl (C=O) groups is 2. The van der Waals surface area contributed by atoms with Crippen LogP contribution < -0.4 is 5.32 Å². The van der Waals surface area contributed by atoms with Gasteiger partial charge in [0.15, 0.2) is 0 Å². The molecule has 0 heterocycles. The minimum atomic E-state index is -1.29. The Morgan fingerprint density at radius 1 is 0.970 bits per heavy atom. The predicted molar refractivity (Wildman–Crippen MR) is 135 cm³/mol. The number of hydrogen-bond acceptors (Lipinski definition) is 4. The van der Waals surface area contributed by atoms with E-state index in [1.165, 1.54) is 0 Å². The maximum Gasteiger partial charge on any atom is 0.407 e. The molecule has 1 unspecified atom stereocenters. The third-order valence-corrected chi connectivity index (χ3v) is 8.86. The molecule has 4 rings (SSSR count). The van der Waals surface area contributed by atoms with Gasteiger partial charge in [-0.3, -0.25) is 0 Å². The summed E-state index contributed by atoms with van der Waals surface area (Å²) in [5.41, 5.74) is 4.69. The number of carboxylic acid groups (broad SMARTS) is 1. The maximum atomic E-state index is 12.5. The number of fused-ring (bicyclic) bond motifs is 3. The summed E-state index contributed by atoms with van der Waals surface area (Å²) < 4.78 is 7.07. The monoisotopic (exact) mass is 637 g/mol. The summed E-state index contributed by atoms with van der Waals surface area (Å²) in [7, 11) is 0. The highest BCUT2D eigenvalue weighted by atomic mass is 79.9. The van der Waals surface area contributed by atoms with Gasteiger partial charge < -0.3 is 20.3 Å². The third kappa shape index (κ3) is 4.81. The van der Waals surface area contributed by atoms with E-state index in [0.29, 0.717) is 19.0 Å². The van der Waals surface area contributed by atoms with E-state index >= 15 is 0 Å². The average molecular weight is 640 g/mol. The molecule has 0 spiro atoms. The van der Waals surface area contributed by atoms with E-state index in [-0.39, 0.29) is 24.7 Å². The molecule has 0 saturated heterocycles. The number of benzene rings is 3. The molecule has 0 saturated carbocycles. The molecular weight excluding hydrogens is 622 g/mol. The molecular formula is C24H18Br3NO5. The van der Waals surface area contributed by atoms with Crippen molar-refractivity contribution in [1.82, 2.24) is 5.32 Å². The average Bonchev–Trinajstić information content (AvgIpc) is 3.13. The van der Waals surface area contributed by atoms with E-state index in [9.17, 15) is 19.8 Å². The van der Waals surface area contributed by atoms with Crippen LogP contribution in [0.3, 0.4) is 0 Å². The Hall–Kier alpha value is -2.36. The molecule has 0 radical (unpaired) electrons. The second-order valence-corrected chi connectivity index (χ2v) is 10.00. The quantitative estimate of drug-likeness (QED) is 0.279. The highest BCUT2D eigenvalue weighted by Gasteiger charge is 2.30. The molecule has 3 aromatic carbocycles. The summed E-state index contributed by atoms with van der Waals surface area (Å²) in [4.78, 5) is 24.3. The van der Waals surface area contributed by atoms with Crippen LogP contribution in [-0.2, 0) is 16.0 Å². The Labute approximate surface area is 215 Å². The van der Waals surface area contributed by atoms with Gasteiger partial charge in [-0.25, -0.2) is 9.59 Å². The lowest BCUT2D eigenvalue weighted by atomic mass is 9.98. The number of phenols is 1. The molecule has 9 heteroatoms. The van der Waals surface area contributed by atoms with Gasteiger partial charge in [0.2, 0.25) is 0 Å². The van der Waals surface area contributed by atoms with Crippen LogP contribution in [0.4, 0.5) is 4.79 Å². The van der Waals surface area contributed by atoms with Gasteiger partial charge in [0.1, 0.15) is 18.4 Å². The van der Waals surface area contributed by atoms with Gasteiger partial charge >= 0.3 is 12.1 Å². The molecule has 3 N–H and O–H groups in total. The molecule has 6 nitrogen and oxygen atoms in total. The number of aromatic hydroxyl groups is 1. The minimum absolute atomic E-state index is 0.0762. The summed E-state index contributed by atoms with van der Waals surface area (Å²) in [5, 5.41) is 22.4. The zero-order chi connectivity index (χ0) is 23.7. The molecule has 1 aliphatic carbocycles. The molecule has 3 aromatic rings. The normalized spacial score (nSPS) is 13.2. The fourth-order valence-corrected chi connectivity index (χ4v) is 5.50. The molecule has 0 fully saturated rings. The van der Waals surface area contributed by atoms with E-state index < -0.39 is 18.1 Å². The number of nitrogens with one attached hydrogen (secondary N) is 1. The number of amides is 1. The summed E-state index contributed by atoms with van der Waals surface area (Å²) in [6, 6.07) is 16.2. The number of phenolic OH excluding ortho intramolecular Hbond substituents is 1. The van der Waals surface area contributed by atoms with Gasteiger partial charge in [0, 0.05) is 21.3 Å². The van der Waals surface area contributed by atoms with E-state index in [0.717, 1.165) is 22.3 Å². The fraction of sp³-hybridized carbons (Fsp3) is 0.167. The summed E-state index contributed by atoms with van der Waals surface area (Å²) in [5.74, 6) is -1.47. The van der Waals surface area contributed by atoms with Gasteiger partial charge in [0.05, 0.1) is 4.47 Å². The Bertz CT molecular complexity index is 1200. The maximum absolute atomic E-state index is 12.5. The first-order valence-electron chi connectivity index (χ1n) is 9.97. The lowest BCUT2D eigenvalue weighted by Crippen LogP contribution is -2.43. The number of alkyl carbamates (subject to hydrolysis) is 1. The van der Waals surface area contributed by atoms with Crippen LogP contribution >= 0.6 is 47.8 Å². The smallest absolute Gasteiger partial charge is 0.407 e. The number of carboxylic acids is 1. The first kappa shape index (κ1) is 23.8. The van der Waals surface area contributed by atoms with E-state index in [2.05, 4.69) is 53.1 Å². The summed E-state index contributed by atoms with van der Waals surface area (Å²) in [6.45, 7) is 0.0762. The number of carbonyl (C=O) groups excluding carboxylic acids is 1. The van der Waals surface area contributed by atoms with Crippen LogP contribution in [0.15, 0.2) is 68.0 Å². The second kappa shape index (κ2) is 9.87. The molecule has 170 valence electrons. The topological polar surface area (TPSA) is 95.9 Å². The van der Waals surface area contributed by atoms with Crippen molar-refractivity contribution in [2.45, 2.75) is 18.4 Å². The molecule has 1 aliphatic rings. The molecule has 1 amide bonds. The van der Waals surface area contributed by atoms with Crippen molar-refractivity contribution in [1.29, 1.82) is 0 Å². The van der Waals surface area contributed by atoms with Crippen molar-refractivity contribution in [2.75, 3.05) is 6.61 Å². The highest BCUT2D eigenvalue weighted by molar-refractivity contribution is 9.14. The molecule has 0 aliphatic heterocycles. The Morgan fingerprint density at radius 2 is 1.55 bits per heavy atom. The van der Waals surface area contributed by atoms with Crippen LogP contribution in [0.2, 0.25) is 0 Å². The summed E-state index contributed by atoms with van der Waals surface area (Å²) in [6.07, 6.45) is -0.963. The standard InChI is InChI=1S/C24H18Br3NO5/c25-18-9-12(22(29)21(27)20(18)26)10-19(23(30)31)28-24(32)33-11-17-15-7-3-1-5-13(15)14-6-2-4-8-16(14)17/h1-9,17,19,29H,10-11H2,(H,28,32)(H,30,31). The van der Waals surface area contributed by atoms with Crippen LogP contribution in [0.1, 0.15) is 22.6 Å². The molecule has 0 bridgehead atoms. The second-order valence-electron chi connectivity index (χ2n) is 7.56. The highest BCUT2D eigenvalue weighted by Crippen LogP contribution is 2.44. The van der Waals surface area contributed by atoms with Gasteiger partial charge in [0.25, 0.3) is 0 Å². The first-order chi connectivity index (χ1) is 15.8. The largest absolute Gasteiger partial charge is 0.506 e. The number of rotatable bonds is 6. The molecule has 0 aromatic heterocycles. The van der Waals surface area contributed by atoms with Crippen LogP contribution in [0.25, 0.3) is 11.1 Å². The third-order valence-electron chi connectivity index (χ3n) is 5.57. The van der Waals surface area contributed by atoms with Crippen molar-refractivity contribution in [2.24, 2.45) is 0 Å². The van der Waals surface area contributed by atoms with Crippen molar-refractivity contribution >= 4 is 59.9 Å². The zero-order valence-corrected chi connectivity index (χ0v) is 21.8. The van der Waals surface area contributed by atoms with Crippen molar-refractivity contribution in [3.8, 4) is 16.9 Å². The minimum Gasteiger partial charge on any atom is -0.506 e. The molecule has 33 heavy (non-hydrogen) atoms. The predicted octanol–water partition coefficient (Wildman–Crippen LogP) is 6.21. The van der Waals surface area contributed by atoms with E-state index in [1.807, 2.05) is 48.5 Å². The zero-order valence-electron chi connectivity index (χ0n) is 17.0. The lowest BCUT2D eigenvalue weighted by Gasteiger charge is -2.18. The SMILES string of the molecule is O=C(NC(Cc1cc(Br)c(Br)c(Br)c1O)C(=O)O)OCC1c2ccccc2-c2ccccc21. The number of ether oxygens (including phenoxy) is 1. The van der Waals surface area contributed by atoms with Gasteiger partial charge in [-0.1, -0.05) is 48.5 Å². The Kier molecular flexibility index (Phi) is 7.11. The van der Waals surface area contributed by atoms with E-state index in [4.69, 9.17) is 4.74 Å². The van der Waals surface area contributed by atoms with Crippen LogP contribution in [0, 0.1) is 0 Å². The molecule has 1 atom stereocenters. The first-order valence-corrected chi connectivity index (χ1v) is 12.4. The van der Waals surface area contributed by atoms with Crippen LogP contribution in [-0.4, -0.2) is 34.9 Å². The van der Waals surface area contributed by atoms with Gasteiger partial charge in [-0.15, -0.1) is 0 Å². The Balaban J connectivity index is 1.46. The van der Waals surface area contributed by atoms with Crippen molar-refractivity contribution in [3.05, 3.63) is 84.7 Å². The van der Waals surface area contributed by atoms with Gasteiger partial charge in [-0.05, 0) is 81.7 Å². The van der Waals surface area contributed by atoms with Gasteiger partial charge in [-0.2, -0.15) is 0 Å². The van der Waals surface area contributed by atoms with E-state index in [1.54, 1.807) is 6.07 Å². The Morgan fingerprint density at radius 3 is 2.12 bits per heavy atom. The fourth-order valence-electron chi connectivity index (χ4n) is 3.99. The lowest BCUT2D eigenvalue weighted by molar-refractivity contribution is -0.139. The number of hydrogen-bond donors (Lipinski definition) is 3. The van der Waals surface area contributed by atoms with Crippen molar-refractivity contribution in [3.63, 3.8) is 0 Å². The number of halogens is 3. The summed E-state index contributed by atoms with van der Waals surface area (Å²) >= 11 is 9.93.